The van der Waals surface area contributed by atoms with Crippen LogP contribution in [-0.2, 0) is 18.3 Å². The minimum atomic E-state index is -0.615. The summed E-state index contributed by atoms with van der Waals surface area (Å²) < 4.78 is 3.10. The van der Waals surface area contributed by atoms with Gasteiger partial charge in [0.1, 0.15) is 12.4 Å². The van der Waals surface area contributed by atoms with Crippen LogP contribution in [0, 0.1) is 0 Å². The van der Waals surface area contributed by atoms with E-state index >= 15 is 0 Å². The van der Waals surface area contributed by atoms with E-state index in [0.717, 1.165) is 5.56 Å². The van der Waals surface area contributed by atoms with E-state index in [2.05, 4.69) is 25.8 Å². The molecule has 0 saturated heterocycles. The van der Waals surface area contributed by atoms with Crippen LogP contribution >= 0.6 is 0 Å². The molecule has 4 aromatic rings. The Bertz CT molecular complexity index is 1140. The summed E-state index contributed by atoms with van der Waals surface area (Å²) in [4.78, 5) is 29.6. The molecule has 0 bridgehead atoms. The van der Waals surface area contributed by atoms with Gasteiger partial charge in [-0.25, -0.2) is 9.67 Å². The van der Waals surface area contributed by atoms with Gasteiger partial charge in [-0.2, -0.15) is 0 Å². The second-order valence-corrected chi connectivity index (χ2v) is 6.75. The summed E-state index contributed by atoms with van der Waals surface area (Å²) in [5.41, 5.74) is 2.05. The van der Waals surface area contributed by atoms with Crippen molar-refractivity contribution in [3.05, 3.63) is 90.3 Å². The van der Waals surface area contributed by atoms with Crippen molar-refractivity contribution >= 4 is 17.4 Å². The van der Waals surface area contributed by atoms with E-state index in [0.29, 0.717) is 23.5 Å². The SMILES string of the molecule is Cn1ccnc1C(=O)c1ccc(NC(=O)[C@@H](Cc2ccccc2)n2cnnn2)cc1. The molecule has 1 amide bonds. The molecule has 2 aromatic heterocycles. The molecule has 0 aliphatic heterocycles. The fourth-order valence-electron chi connectivity index (χ4n) is 3.10. The number of ketones is 1. The number of hydrogen-bond donors (Lipinski definition) is 1. The maximum Gasteiger partial charge on any atom is 0.249 e. The molecule has 4 rings (SSSR count). The van der Waals surface area contributed by atoms with E-state index in [1.54, 1.807) is 48.3 Å². The average Bonchev–Trinajstić information content (AvgIpc) is 3.44. The molecule has 1 atom stereocenters. The van der Waals surface area contributed by atoms with Crippen LogP contribution in [0.4, 0.5) is 5.69 Å². The van der Waals surface area contributed by atoms with E-state index in [1.807, 2.05) is 30.3 Å². The van der Waals surface area contributed by atoms with Gasteiger partial charge in [-0.05, 0) is 40.3 Å². The van der Waals surface area contributed by atoms with Gasteiger partial charge in [0.25, 0.3) is 0 Å². The van der Waals surface area contributed by atoms with E-state index in [-0.39, 0.29) is 11.7 Å². The molecule has 9 heteroatoms. The Morgan fingerprint density at radius 3 is 2.47 bits per heavy atom. The van der Waals surface area contributed by atoms with Crippen LogP contribution in [-0.4, -0.2) is 41.4 Å². The third-order valence-electron chi connectivity index (χ3n) is 4.70. The van der Waals surface area contributed by atoms with Crippen LogP contribution in [0.15, 0.2) is 73.3 Å². The fourth-order valence-corrected chi connectivity index (χ4v) is 3.10. The van der Waals surface area contributed by atoms with Crippen molar-refractivity contribution in [3.63, 3.8) is 0 Å². The van der Waals surface area contributed by atoms with Gasteiger partial charge in [-0.3, -0.25) is 9.59 Å². The van der Waals surface area contributed by atoms with Crippen molar-refractivity contribution in [3.8, 4) is 0 Å². The van der Waals surface area contributed by atoms with Gasteiger partial charge in [-0.1, -0.05) is 30.3 Å². The summed E-state index contributed by atoms with van der Waals surface area (Å²) in [5.74, 6) is -0.0845. The van der Waals surface area contributed by atoms with Crippen molar-refractivity contribution in [2.75, 3.05) is 5.32 Å². The Kier molecular flexibility index (Phi) is 5.42. The third-order valence-corrected chi connectivity index (χ3v) is 4.70. The Morgan fingerprint density at radius 1 is 1.07 bits per heavy atom. The van der Waals surface area contributed by atoms with Crippen LogP contribution in [0.5, 0.6) is 0 Å². The van der Waals surface area contributed by atoms with Gasteiger partial charge in [0, 0.05) is 37.1 Å². The molecule has 1 N–H and O–H groups in total. The first-order valence-electron chi connectivity index (χ1n) is 9.31. The standard InChI is InChI=1S/C21H19N7O2/c1-27-12-11-22-20(27)19(29)16-7-9-17(10-8-16)24-21(30)18(28-14-23-25-26-28)13-15-5-3-2-4-6-15/h2-12,14,18H,13H2,1H3,(H,24,30)/t18-/m1/s1. The monoisotopic (exact) mass is 401 g/mol. The number of nitrogens with one attached hydrogen (secondary N) is 1. The molecule has 30 heavy (non-hydrogen) atoms. The zero-order valence-electron chi connectivity index (χ0n) is 16.2. The first kappa shape index (κ1) is 19.2. The first-order valence-corrected chi connectivity index (χ1v) is 9.31. The highest BCUT2D eigenvalue weighted by atomic mass is 16.2. The Hall–Kier alpha value is -4.14. The number of rotatable bonds is 7. The number of tetrazole rings is 1. The number of hydrogen-bond acceptors (Lipinski definition) is 6. The van der Waals surface area contributed by atoms with Crippen LogP contribution in [0.25, 0.3) is 0 Å². The summed E-state index contributed by atoms with van der Waals surface area (Å²) in [7, 11) is 1.76. The van der Waals surface area contributed by atoms with Crippen molar-refractivity contribution in [1.82, 2.24) is 29.8 Å². The van der Waals surface area contributed by atoms with E-state index < -0.39 is 6.04 Å². The molecule has 0 spiro atoms. The van der Waals surface area contributed by atoms with Crippen LogP contribution < -0.4 is 5.32 Å². The topological polar surface area (TPSA) is 108 Å². The van der Waals surface area contributed by atoms with Crippen molar-refractivity contribution < 1.29 is 9.59 Å². The largest absolute Gasteiger partial charge is 0.331 e. The molecule has 9 nitrogen and oxygen atoms in total. The normalized spacial score (nSPS) is 11.8. The highest BCUT2D eigenvalue weighted by Crippen LogP contribution is 2.18. The zero-order valence-corrected chi connectivity index (χ0v) is 16.2. The maximum absolute atomic E-state index is 13.0. The molecule has 0 aliphatic carbocycles. The maximum atomic E-state index is 13.0. The number of carbonyl (C=O) groups excluding carboxylic acids is 2. The highest BCUT2D eigenvalue weighted by molar-refractivity contribution is 6.07. The first-order chi connectivity index (χ1) is 14.6. The van der Waals surface area contributed by atoms with E-state index in [1.165, 1.54) is 11.0 Å². The lowest BCUT2D eigenvalue weighted by Gasteiger charge is -2.16. The molecule has 0 radical (unpaired) electrons. The van der Waals surface area contributed by atoms with Gasteiger partial charge in [0.15, 0.2) is 5.82 Å². The Morgan fingerprint density at radius 2 is 1.83 bits per heavy atom. The molecular formula is C21H19N7O2. The summed E-state index contributed by atoms with van der Waals surface area (Å²) in [6.45, 7) is 0. The summed E-state index contributed by atoms with van der Waals surface area (Å²) in [6, 6.07) is 15.7. The Labute approximate surface area is 172 Å². The highest BCUT2D eigenvalue weighted by Gasteiger charge is 2.23. The van der Waals surface area contributed by atoms with Gasteiger partial charge >= 0.3 is 0 Å². The van der Waals surface area contributed by atoms with Crippen LogP contribution in [0.2, 0.25) is 0 Å². The van der Waals surface area contributed by atoms with E-state index in [9.17, 15) is 9.59 Å². The average molecular weight is 401 g/mol. The molecule has 2 heterocycles. The van der Waals surface area contributed by atoms with Gasteiger partial charge in [-0.15, -0.1) is 5.10 Å². The lowest BCUT2D eigenvalue weighted by atomic mass is 10.1. The second-order valence-electron chi connectivity index (χ2n) is 6.75. The van der Waals surface area contributed by atoms with E-state index in [4.69, 9.17) is 0 Å². The predicted molar refractivity (Wildman–Crippen MR) is 109 cm³/mol. The number of nitrogens with zero attached hydrogens (tertiary/aromatic N) is 6. The molecule has 0 fully saturated rings. The molecular weight excluding hydrogens is 382 g/mol. The van der Waals surface area contributed by atoms with Gasteiger partial charge < -0.3 is 9.88 Å². The van der Waals surface area contributed by atoms with Crippen molar-refractivity contribution in [2.24, 2.45) is 7.05 Å². The molecule has 0 aliphatic rings. The number of imidazole rings is 1. The molecule has 0 saturated carbocycles. The fraction of sp³-hybridized carbons (Fsp3) is 0.143. The Balaban J connectivity index is 1.50. The molecule has 0 unspecified atom stereocenters. The van der Waals surface area contributed by atoms with Crippen LogP contribution in [0.3, 0.4) is 0 Å². The predicted octanol–water partition coefficient (Wildman–Crippen LogP) is 2.06. The molecule has 150 valence electrons. The summed E-state index contributed by atoms with van der Waals surface area (Å²) in [6.07, 6.45) is 5.15. The quantitative estimate of drug-likeness (QED) is 0.475. The number of amides is 1. The number of anilines is 1. The number of carbonyl (C=O) groups is 2. The smallest absolute Gasteiger partial charge is 0.249 e. The molecule has 2 aromatic carbocycles. The number of benzene rings is 2. The number of aryl methyl sites for hydroxylation is 1. The third kappa shape index (κ3) is 4.14. The number of aromatic nitrogens is 6. The van der Waals surface area contributed by atoms with Crippen molar-refractivity contribution in [2.45, 2.75) is 12.5 Å². The summed E-state index contributed by atoms with van der Waals surface area (Å²) >= 11 is 0. The summed E-state index contributed by atoms with van der Waals surface area (Å²) in [5, 5.41) is 14.1. The lowest BCUT2D eigenvalue weighted by molar-refractivity contribution is -0.119. The zero-order chi connectivity index (χ0) is 20.9. The minimum Gasteiger partial charge on any atom is -0.331 e. The van der Waals surface area contributed by atoms with Crippen LogP contribution in [0.1, 0.15) is 27.8 Å². The minimum absolute atomic E-state index is 0.184. The van der Waals surface area contributed by atoms with Crippen molar-refractivity contribution in [1.29, 1.82) is 0 Å². The van der Waals surface area contributed by atoms with Gasteiger partial charge in [0.2, 0.25) is 11.7 Å². The lowest BCUT2D eigenvalue weighted by Crippen LogP contribution is -2.28. The second kappa shape index (κ2) is 8.48. The van der Waals surface area contributed by atoms with Gasteiger partial charge in [0.05, 0.1) is 0 Å².